The van der Waals surface area contributed by atoms with Crippen LogP contribution in [0.5, 0.6) is 5.75 Å². The molecule has 3 rings (SSSR count). The Bertz CT molecular complexity index is 571. The van der Waals surface area contributed by atoms with Gasteiger partial charge in [0.05, 0.1) is 13.2 Å². The molecular weight excluding hydrogens is 228 g/mol. The van der Waals surface area contributed by atoms with Gasteiger partial charge in [-0.25, -0.2) is 9.97 Å². The fourth-order valence-corrected chi connectivity index (χ4v) is 1.98. The number of hydrogen-bond acceptors (Lipinski definition) is 5. The van der Waals surface area contributed by atoms with Gasteiger partial charge in [0.25, 0.3) is 0 Å². The molecule has 1 aliphatic heterocycles. The summed E-state index contributed by atoms with van der Waals surface area (Å²) >= 11 is 0. The summed E-state index contributed by atoms with van der Waals surface area (Å²) in [6.07, 6.45) is 2.63. The fourth-order valence-electron chi connectivity index (χ4n) is 1.98. The summed E-state index contributed by atoms with van der Waals surface area (Å²) in [4.78, 5) is 8.29. The highest BCUT2D eigenvalue weighted by Gasteiger charge is 2.11. The Labute approximate surface area is 105 Å². The van der Waals surface area contributed by atoms with E-state index in [9.17, 15) is 0 Å². The normalized spacial score (nSPS) is 12.9. The molecule has 1 aliphatic rings. The zero-order valence-corrected chi connectivity index (χ0v) is 9.89. The molecule has 0 saturated carbocycles. The Morgan fingerprint density at radius 2 is 2.28 bits per heavy atom. The van der Waals surface area contributed by atoms with Crippen LogP contribution in [-0.4, -0.2) is 16.6 Å². The monoisotopic (exact) mass is 242 g/mol. The largest absolute Gasteiger partial charge is 0.493 e. The number of rotatable bonds is 3. The molecule has 5 heteroatoms. The number of nitrogens with zero attached hydrogens (tertiary/aromatic N) is 2. The highest BCUT2D eigenvalue weighted by atomic mass is 16.5. The average Bonchev–Trinajstić information content (AvgIpc) is 2.84. The van der Waals surface area contributed by atoms with Gasteiger partial charge < -0.3 is 15.8 Å². The molecule has 0 spiro atoms. The van der Waals surface area contributed by atoms with E-state index in [1.165, 1.54) is 5.56 Å². The SMILES string of the molecule is Nc1ccnc(CNc2ccc3c(c2)CCO3)n1. The lowest BCUT2D eigenvalue weighted by Crippen LogP contribution is -2.05. The number of nitrogens with two attached hydrogens (primary N) is 1. The molecule has 0 saturated heterocycles. The van der Waals surface area contributed by atoms with Crippen molar-refractivity contribution in [1.29, 1.82) is 0 Å². The van der Waals surface area contributed by atoms with E-state index >= 15 is 0 Å². The van der Waals surface area contributed by atoms with Gasteiger partial charge in [-0.3, -0.25) is 0 Å². The molecule has 3 N–H and O–H groups in total. The van der Waals surface area contributed by atoms with Crippen molar-refractivity contribution in [2.75, 3.05) is 17.7 Å². The van der Waals surface area contributed by atoms with Crippen molar-refractivity contribution in [3.8, 4) is 5.75 Å². The topological polar surface area (TPSA) is 73.1 Å². The Hall–Kier alpha value is -2.30. The second-order valence-electron chi connectivity index (χ2n) is 4.17. The summed E-state index contributed by atoms with van der Waals surface area (Å²) < 4.78 is 5.46. The Balaban J connectivity index is 1.70. The summed E-state index contributed by atoms with van der Waals surface area (Å²) in [5.41, 5.74) is 7.90. The maximum atomic E-state index is 5.61. The highest BCUT2D eigenvalue weighted by Crippen LogP contribution is 2.27. The molecule has 5 nitrogen and oxygen atoms in total. The van der Waals surface area contributed by atoms with Crippen LogP contribution in [0.2, 0.25) is 0 Å². The van der Waals surface area contributed by atoms with Crippen molar-refractivity contribution >= 4 is 11.5 Å². The lowest BCUT2D eigenvalue weighted by Gasteiger charge is -2.07. The molecule has 92 valence electrons. The first-order valence-electron chi connectivity index (χ1n) is 5.88. The third-order valence-corrected chi connectivity index (χ3v) is 2.87. The van der Waals surface area contributed by atoms with Gasteiger partial charge in [-0.05, 0) is 29.8 Å². The van der Waals surface area contributed by atoms with Gasteiger partial charge in [-0.15, -0.1) is 0 Å². The van der Waals surface area contributed by atoms with E-state index < -0.39 is 0 Å². The maximum Gasteiger partial charge on any atom is 0.149 e. The van der Waals surface area contributed by atoms with Crippen molar-refractivity contribution in [1.82, 2.24) is 9.97 Å². The fraction of sp³-hybridized carbons (Fsp3) is 0.231. The van der Waals surface area contributed by atoms with Crippen molar-refractivity contribution in [2.24, 2.45) is 0 Å². The zero-order chi connectivity index (χ0) is 12.4. The van der Waals surface area contributed by atoms with Crippen LogP contribution in [0.3, 0.4) is 0 Å². The van der Waals surface area contributed by atoms with Crippen LogP contribution in [0.25, 0.3) is 0 Å². The van der Waals surface area contributed by atoms with Crippen LogP contribution in [0, 0.1) is 0 Å². The van der Waals surface area contributed by atoms with Gasteiger partial charge in [0.15, 0.2) is 0 Å². The van der Waals surface area contributed by atoms with E-state index in [-0.39, 0.29) is 0 Å². The van der Waals surface area contributed by atoms with E-state index in [2.05, 4.69) is 21.4 Å². The summed E-state index contributed by atoms with van der Waals surface area (Å²) in [5.74, 6) is 2.16. The number of nitrogen functional groups attached to an aromatic ring is 1. The van der Waals surface area contributed by atoms with Crippen LogP contribution >= 0.6 is 0 Å². The quantitative estimate of drug-likeness (QED) is 0.855. The second-order valence-corrected chi connectivity index (χ2v) is 4.17. The van der Waals surface area contributed by atoms with Crippen molar-refractivity contribution in [3.05, 3.63) is 41.9 Å². The molecule has 0 radical (unpaired) electrons. The van der Waals surface area contributed by atoms with Gasteiger partial charge in [-0.2, -0.15) is 0 Å². The van der Waals surface area contributed by atoms with Crippen LogP contribution in [0.1, 0.15) is 11.4 Å². The Morgan fingerprint density at radius 3 is 3.17 bits per heavy atom. The molecule has 18 heavy (non-hydrogen) atoms. The summed E-state index contributed by atoms with van der Waals surface area (Å²) in [5, 5.41) is 3.28. The molecule has 1 aromatic carbocycles. The molecule has 2 aromatic rings. The number of hydrogen-bond donors (Lipinski definition) is 2. The van der Waals surface area contributed by atoms with Crippen LogP contribution in [0.15, 0.2) is 30.5 Å². The first kappa shape index (κ1) is 10.8. The number of nitrogens with one attached hydrogen (secondary N) is 1. The minimum Gasteiger partial charge on any atom is -0.493 e. The molecule has 0 aliphatic carbocycles. The molecule has 0 atom stereocenters. The first-order valence-corrected chi connectivity index (χ1v) is 5.88. The lowest BCUT2D eigenvalue weighted by atomic mass is 10.1. The number of aromatic nitrogens is 2. The Kier molecular flexibility index (Phi) is 2.72. The molecule has 0 fully saturated rings. The van der Waals surface area contributed by atoms with E-state index in [0.717, 1.165) is 24.5 Å². The van der Waals surface area contributed by atoms with Crippen molar-refractivity contribution < 1.29 is 4.74 Å². The predicted molar refractivity (Wildman–Crippen MR) is 69.4 cm³/mol. The summed E-state index contributed by atoms with van der Waals surface area (Å²) in [7, 11) is 0. The van der Waals surface area contributed by atoms with Crippen molar-refractivity contribution in [2.45, 2.75) is 13.0 Å². The van der Waals surface area contributed by atoms with Crippen LogP contribution < -0.4 is 15.8 Å². The highest BCUT2D eigenvalue weighted by molar-refractivity contribution is 5.52. The summed E-state index contributed by atoms with van der Waals surface area (Å²) in [6.45, 7) is 1.34. The van der Waals surface area contributed by atoms with Crippen LogP contribution in [-0.2, 0) is 13.0 Å². The maximum absolute atomic E-state index is 5.61. The van der Waals surface area contributed by atoms with E-state index in [0.29, 0.717) is 18.2 Å². The number of anilines is 2. The third kappa shape index (κ3) is 2.20. The predicted octanol–water partition coefficient (Wildman–Crippen LogP) is 1.61. The zero-order valence-electron chi connectivity index (χ0n) is 9.89. The number of benzene rings is 1. The van der Waals surface area contributed by atoms with E-state index in [1.807, 2.05) is 12.1 Å². The first-order chi connectivity index (χ1) is 8.81. The molecule has 1 aromatic heterocycles. The standard InChI is InChI=1S/C13H14N4O/c14-12-3-5-15-13(17-12)8-16-10-1-2-11-9(7-10)4-6-18-11/h1-3,5,7,16H,4,6,8H2,(H2,14,15,17). The lowest BCUT2D eigenvalue weighted by molar-refractivity contribution is 0.357. The molecule has 0 unspecified atom stereocenters. The summed E-state index contributed by atoms with van der Waals surface area (Å²) in [6, 6.07) is 7.77. The van der Waals surface area contributed by atoms with Crippen molar-refractivity contribution in [3.63, 3.8) is 0 Å². The minimum absolute atomic E-state index is 0.490. The van der Waals surface area contributed by atoms with E-state index in [1.54, 1.807) is 12.3 Å². The minimum atomic E-state index is 0.490. The van der Waals surface area contributed by atoms with Gasteiger partial charge in [0.1, 0.15) is 17.4 Å². The number of ether oxygens (including phenoxy) is 1. The third-order valence-electron chi connectivity index (χ3n) is 2.87. The van der Waals surface area contributed by atoms with Gasteiger partial charge in [-0.1, -0.05) is 0 Å². The smallest absolute Gasteiger partial charge is 0.149 e. The number of fused-ring (bicyclic) bond motifs is 1. The van der Waals surface area contributed by atoms with Gasteiger partial charge >= 0.3 is 0 Å². The Morgan fingerprint density at radius 1 is 1.33 bits per heavy atom. The molecule has 2 heterocycles. The molecule has 0 bridgehead atoms. The molecule has 0 amide bonds. The van der Waals surface area contributed by atoms with E-state index in [4.69, 9.17) is 10.5 Å². The van der Waals surface area contributed by atoms with Crippen LogP contribution in [0.4, 0.5) is 11.5 Å². The average molecular weight is 242 g/mol. The van der Waals surface area contributed by atoms with Gasteiger partial charge in [0, 0.05) is 18.3 Å². The molecular formula is C13H14N4O. The van der Waals surface area contributed by atoms with Gasteiger partial charge in [0.2, 0.25) is 0 Å². The second kappa shape index (κ2) is 4.52.